The second-order valence-corrected chi connectivity index (χ2v) is 30.8. The molecule has 0 amide bonds. The highest BCUT2D eigenvalue weighted by molar-refractivity contribution is 8.08. The predicted octanol–water partition coefficient (Wildman–Crippen LogP) is 10.1. The molecule has 3 aliphatic rings. The average Bonchev–Trinajstić information content (AvgIpc) is 3.47. The van der Waals surface area contributed by atoms with Crippen molar-refractivity contribution >= 4 is 72.8 Å². The van der Waals surface area contributed by atoms with Crippen LogP contribution in [0, 0.1) is 0 Å². The summed E-state index contributed by atoms with van der Waals surface area (Å²) in [6, 6.07) is 72.4. The van der Waals surface area contributed by atoms with E-state index in [0.717, 1.165) is 51.9 Å². The zero-order chi connectivity index (χ0) is 50.7. The largest absolute Gasteiger partial charge is 0.497 e. The van der Waals surface area contributed by atoms with Gasteiger partial charge in [-0.3, -0.25) is 0 Å². The highest BCUT2D eigenvalue weighted by Gasteiger charge is 2.85. The van der Waals surface area contributed by atoms with Gasteiger partial charge in [0.05, 0.1) is 68.2 Å². The molecule has 372 valence electrons. The summed E-state index contributed by atoms with van der Waals surface area (Å²) >= 11 is 0. The third-order valence-electron chi connectivity index (χ3n) is 15.0. The maximum Gasteiger partial charge on any atom is 0.179 e. The molecule has 0 spiro atoms. The summed E-state index contributed by atoms with van der Waals surface area (Å²) in [7, 11) is 6.55. The van der Waals surface area contributed by atoms with E-state index in [4.69, 9.17) is 37.9 Å². The van der Waals surface area contributed by atoms with Gasteiger partial charge in [-0.15, -0.1) is 0 Å². The lowest BCUT2D eigenvalue weighted by molar-refractivity contribution is 0.414. The van der Waals surface area contributed by atoms with Gasteiger partial charge in [0.15, 0.2) is 5.90 Å². The Balaban J connectivity index is 1.41. The molecule has 0 N–H and O–H groups in total. The molecule has 2 aliphatic heterocycles. The second kappa shape index (κ2) is 21.8. The number of hydrogen-bond acceptors (Lipinski definition) is 8. The van der Waals surface area contributed by atoms with Gasteiger partial charge in [-0.05, 0) is 183 Å². The van der Waals surface area contributed by atoms with E-state index >= 15 is 0 Å². The minimum atomic E-state index is -2.62. The topological polar surface area (TPSA) is 73.8 Å². The van der Waals surface area contributed by atoms with Crippen LogP contribution in [0.2, 0.25) is 0 Å². The first-order chi connectivity index (χ1) is 35.8. The van der Waals surface area contributed by atoms with Gasteiger partial charge in [-0.2, -0.15) is 0 Å². The van der Waals surface area contributed by atoms with Crippen molar-refractivity contribution in [1.29, 1.82) is 0 Å². The highest BCUT2D eigenvalue weighted by atomic mass is 31.2. The minimum Gasteiger partial charge on any atom is -0.497 e. The van der Waals surface area contributed by atoms with E-state index < -0.39 is 30.4 Å². The Morgan fingerprint density at radius 3 is 0.589 bits per heavy atom. The van der Waals surface area contributed by atoms with Crippen LogP contribution in [0.25, 0.3) is 0 Å². The number of hydrogen-bond donors (Lipinski definition) is 0. The first-order valence-corrected chi connectivity index (χ1v) is 31.2. The van der Waals surface area contributed by atoms with Crippen LogP contribution in [0.4, 0.5) is 0 Å². The van der Waals surface area contributed by atoms with Gasteiger partial charge in [0, 0.05) is 0 Å². The Morgan fingerprint density at radius 1 is 0.260 bits per heavy atom. The summed E-state index contributed by atoms with van der Waals surface area (Å²) in [5.74, 6) is 7.63. The Kier molecular flexibility index (Phi) is 15.0. The van der Waals surface area contributed by atoms with Gasteiger partial charge in [-0.1, -0.05) is 48.5 Å². The molecule has 0 radical (unpaired) electrons. The van der Waals surface area contributed by atoms with E-state index in [1.807, 2.05) is 0 Å². The van der Waals surface area contributed by atoms with Gasteiger partial charge in [0.1, 0.15) is 93.1 Å². The zero-order valence-electron chi connectivity index (χ0n) is 42.5. The molecule has 2 heterocycles. The first kappa shape index (κ1) is 50.4. The number of rotatable bonds is 18. The molecular formula is C61H62O8P4+2. The summed E-state index contributed by atoms with van der Waals surface area (Å²) in [5, 5.41) is 10.7. The van der Waals surface area contributed by atoms with Crippen molar-refractivity contribution in [1.82, 2.24) is 0 Å². The van der Waals surface area contributed by atoms with Gasteiger partial charge in [0.25, 0.3) is 0 Å². The van der Waals surface area contributed by atoms with E-state index in [0.29, 0.717) is 0 Å². The van der Waals surface area contributed by atoms with Crippen molar-refractivity contribution in [2.24, 2.45) is 0 Å². The molecule has 12 heteroatoms. The summed E-state index contributed by atoms with van der Waals surface area (Å²) in [4.78, 5) is 0. The van der Waals surface area contributed by atoms with Crippen LogP contribution in [0.1, 0.15) is 0 Å². The Bertz CT molecular complexity index is 2670. The Hall–Kier alpha value is -6.12. The third-order valence-corrected chi connectivity index (χ3v) is 33.6. The maximum atomic E-state index is 5.96. The van der Waals surface area contributed by atoms with Gasteiger partial charge in [0.2, 0.25) is 0 Å². The minimum absolute atomic E-state index is 0.173. The van der Waals surface area contributed by atoms with E-state index in [2.05, 4.69) is 194 Å². The maximum absolute atomic E-state index is 5.96. The SMILES string of the molecule is COc1ccc(P(c2ccc(OC)cc2)C2C3C(P(c4ccc(OC)cc4)c4ccc(OC)cc4)C2[P+](c2ccc(OC)cc2)(c2ccc(OC)cc2)C[P+]3(c2ccc(OC)cc2)c2ccc(OC)cc2)cc1. The average molecular weight is 1050 g/mol. The Labute approximate surface area is 434 Å². The summed E-state index contributed by atoms with van der Waals surface area (Å²) in [6.07, 6.45) is 0. The third kappa shape index (κ3) is 9.10. The van der Waals surface area contributed by atoms with Crippen LogP contribution in [-0.2, 0) is 0 Å². The van der Waals surface area contributed by atoms with Crippen LogP contribution in [-0.4, -0.2) is 85.4 Å². The van der Waals surface area contributed by atoms with Crippen molar-refractivity contribution in [2.75, 3.05) is 62.8 Å². The molecule has 1 aliphatic carbocycles. The molecule has 8 nitrogen and oxygen atoms in total. The van der Waals surface area contributed by atoms with Gasteiger partial charge >= 0.3 is 0 Å². The molecule has 2 bridgehead atoms. The fourth-order valence-corrected chi connectivity index (χ4v) is 36.7. The molecule has 73 heavy (non-hydrogen) atoms. The quantitative estimate of drug-likeness (QED) is 0.0788. The van der Waals surface area contributed by atoms with E-state index in [-0.39, 0.29) is 22.6 Å². The summed E-state index contributed by atoms with van der Waals surface area (Å²) < 4.78 is 47.3. The lowest BCUT2D eigenvalue weighted by Gasteiger charge is -2.65. The predicted molar refractivity (Wildman–Crippen MR) is 309 cm³/mol. The zero-order valence-corrected chi connectivity index (χ0v) is 46.1. The van der Waals surface area contributed by atoms with Crippen LogP contribution in [0.5, 0.6) is 46.0 Å². The van der Waals surface area contributed by atoms with Gasteiger partial charge in [-0.25, -0.2) is 0 Å². The molecule has 0 unspecified atom stereocenters. The second-order valence-electron chi connectivity index (χ2n) is 18.2. The first-order valence-electron chi connectivity index (χ1n) is 24.3. The van der Waals surface area contributed by atoms with Crippen molar-refractivity contribution < 1.29 is 37.9 Å². The van der Waals surface area contributed by atoms with Crippen LogP contribution in [0.3, 0.4) is 0 Å². The fraction of sp³-hybridized carbons (Fsp3) is 0.213. The number of fused-ring (bicyclic) bond motifs is 2. The van der Waals surface area contributed by atoms with Crippen molar-refractivity contribution in [3.05, 3.63) is 194 Å². The van der Waals surface area contributed by atoms with Crippen LogP contribution >= 0.6 is 30.4 Å². The lowest BCUT2D eigenvalue weighted by Crippen LogP contribution is -2.73. The standard InChI is InChI=1S/C61H62O8P4/c1-62-42-9-25-50(26-10-42)70(51-27-11-43(63-2)12-28-51)58-60-59(71(52-29-13-44(64-3)14-30-52)53-31-15-45(65-4)16-32-53)61(58)73(56-37-21-48(68-7)22-38-56,57-39-23-49(69-8)24-40-57)41-72(60,54-33-17-46(66-5)18-34-54)55-35-19-47(67-6)20-36-55/h9-40,58-61H,41H2,1-8H3/q+2. The van der Waals surface area contributed by atoms with Crippen LogP contribution in [0.15, 0.2) is 194 Å². The monoisotopic (exact) mass is 1050 g/mol. The highest BCUT2D eigenvalue weighted by Crippen LogP contribution is 2.92. The van der Waals surface area contributed by atoms with Crippen molar-refractivity contribution in [3.63, 3.8) is 0 Å². The molecule has 0 aromatic heterocycles. The summed E-state index contributed by atoms with van der Waals surface area (Å²) in [6.45, 7) is 0. The Morgan fingerprint density at radius 2 is 0.425 bits per heavy atom. The molecule has 11 rings (SSSR count). The van der Waals surface area contributed by atoms with E-state index in [1.165, 1.54) is 42.4 Å². The van der Waals surface area contributed by atoms with Crippen LogP contribution < -0.4 is 80.3 Å². The number of benzene rings is 8. The van der Waals surface area contributed by atoms with E-state index in [9.17, 15) is 0 Å². The number of ether oxygens (including phenoxy) is 8. The smallest absolute Gasteiger partial charge is 0.179 e. The molecule has 8 aromatic rings. The molecule has 2 saturated heterocycles. The normalized spacial score (nSPS) is 18.3. The number of methoxy groups -OCH3 is 8. The summed E-state index contributed by atoms with van der Waals surface area (Å²) in [5.41, 5.74) is 0.725. The van der Waals surface area contributed by atoms with Gasteiger partial charge < -0.3 is 37.9 Å². The fourth-order valence-electron chi connectivity index (χ4n) is 11.5. The molecule has 3 fully saturated rings. The lowest BCUT2D eigenvalue weighted by atomic mass is 9.96. The molecule has 8 aromatic carbocycles. The van der Waals surface area contributed by atoms with Crippen molar-refractivity contribution in [2.45, 2.75) is 22.6 Å². The molecular weight excluding hydrogens is 985 g/mol. The molecule has 0 atom stereocenters. The van der Waals surface area contributed by atoms with Crippen molar-refractivity contribution in [3.8, 4) is 46.0 Å². The molecule has 1 saturated carbocycles. The van der Waals surface area contributed by atoms with E-state index in [1.54, 1.807) is 56.9 Å².